The van der Waals surface area contributed by atoms with Crippen LogP contribution in [-0.4, -0.2) is 37.5 Å². The van der Waals surface area contributed by atoms with E-state index in [0.717, 1.165) is 6.54 Å². The molecule has 1 unspecified atom stereocenters. The molecule has 1 heterocycles. The van der Waals surface area contributed by atoms with E-state index in [-0.39, 0.29) is 0 Å². The van der Waals surface area contributed by atoms with Crippen molar-refractivity contribution in [3.63, 3.8) is 0 Å². The van der Waals surface area contributed by atoms with Crippen LogP contribution in [0.5, 0.6) is 0 Å². The summed E-state index contributed by atoms with van der Waals surface area (Å²) >= 11 is 1.66. The molecule has 1 rings (SSSR count). The number of rotatable bonds is 7. The van der Waals surface area contributed by atoms with E-state index in [1.807, 2.05) is 18.4 Å². The van der Waals surface area contributed by atoms with Crippen LogP contribution < -0.4 is 5.32 Å². The highest BCUT2D eigenvalue weighted by atomic mass is 32.1. The second kappa shape index (κ2) is 6.23. The lowest BCUT2D eigenvalue weighted by atomic mass is 9.98. The maximum atomic E-state index is 10.1. The minimum Gasteiger partial charge on any atom is -0.389 e. The van der Waals surface area contributed by atoms with Gasteiger partial charge in [0.1, 0.15) is 0 Å². The molecule has 15 heavy (non-hydrogen) atoms. The Bertz CT molecular complexity index is 260. The van der Waals surface area contributed by atoms with Crippen molar-refractivity contribution >= 4 is 11.3 Å². The number of methoxy groups -OCH3 is 1. The molecular weight excluding hydrogens is 210 g/mol. The van der Waals surface area contributed by atoms with Gasteiger partial charge in [0.25, 0.3) is 0 Å². The quantitative estimate of drug-likeness (QED) is 0.692. The summed E-state index contributed by atoms with van der Waals surface area (Å²) in [6.45, 7) is 3.89. The van der Waals surface area contributed by atoms with Gasteiger partial charge >= 0.3 is 0 Å². The highest BCUT2D eigenvalue weighted by Crippen LogP contribution is 2.14. The number of nitrogens with one attached hydrogen (secondary N) is 1. The first-order chi connectivity index (χ1) is 7.14. The third-order valence-corrected chi connectivity index (χ3v) is 2.89. The van der Waals surface area contributed by atoms with Gasteiger partial charge in [-0.05, 0) is 29.3 Å². The van der Waals surface area contributed by atoms with Crippen molar-refractivity contribution in [2.24, 2.45) is 0 Å². The average Bonchev–Trinajstić information content (AvgIpc) is 2.64. The summed E-state index contributed by atoms with van der Waals surface area (Å²) in [7, 11) is 1.67. The molecule has 86 valence electrons. The summed E-state index contributed by atoms with van der Waals surface area (Å²) in [4.78, 5) is 0. The Kier molecular flexibility index (Phi) is 5.25. The Morgan fingerprint density at radius 2 is 2.40 bits per heavy atom. The smallest absolute Gasteiger partial charge is 0.0783 e. The van der Waals surface area contributed by atoms with E-state index in [1.54, 1.807) is 18.4 Å². The molecule has 0 saturated heterocycles. The highest BCUT2D eigenvalue weighted by Gasteiger charge is 2.20. The topological polar surface area (TPSA) is 41.5 Å². The first-order valence-corrected chi connectivity index (χ1v) is 6.01. The van der Waals surface area contributed by atoms with Crippen molar-refractivity contribution in [1.82, 2.24) is 5.32 Å². The van der Waals surface area contributed by atoms with Gasteiger partial charge in [-0.1, -0.05) is 0 Å². The number of thiophene rings is 1. The summed E-state index contributed by atoms with van der Waals surface area (Å²) < 4.78 is 4.92. The van der Waals surface area contributed by atoms with Crippen LogP contribution >= 0.6 is 11.3 Å². The SMILES string of the molecule is COCCNCC(C)(O)Cc1ccsc1. The predicted octanol–water partition coefficient (Wildman–Crippen LogP) is 1.28. The van der Waals surface area contributed by atoms with Crippen LogP contribution in [0.25, 0.3) is 0 Å². The van der Waals surface area contributed by atoms with Crippen molar-refractivity contribution in [3.8, 4) is 0 Å². The molecule has 0 fully saturated rings. The fourth-order valence-electron chi connectivity index (χ4n) is 1.43. The highest BCUT2D eigenvalue weighted by molar-refractivity contribution is 7.07. The third-order valence-electron chi connectivity index (χ3n) is 2.15. The minimum absolute atomic E-state index is 0.589. The van der Waals surface area contributed by atoms with Gasteiger partial charge in [0.2, 0.25) is 0 Å². The molecule has 0 spiro atoms. The summed E-state index contributed by atoms with van der Waals surface area (Å²) in [6, 6.07) is 2.05. The first-order valence-electron chi connectivity index (χ1n) is 5.07. The van der Waals surface area contributed by atoms with Crippen molar-refractivity contribution in [2.75, 3.05) is 26.8 Å². The summed E-state index contributed by atoms with van der Waals surface area (Å²) in [5.74, 6) is 0. The van der Waals surface area contributed by atoms with Gasteiger partial charge in [-0.15, -0.1) is 0 Å². The van der Waals surface area contributed by atoms with E-state index < -0.39 is 5.60 Å². The molecule has 0 aromatic carbocycles. The van der Waals surface area contributed by atoms with E-state index in [0.29, 0.717) is 19.6 Å². The number of hydrogen-bond acceptors (Lipinski definition) is 4. The van der Waals surface area contributed by atoms with Crippen molar-refractivity contribution in [2.45, 2.75) is 18.9 Å². The Morgan fingerprint density at radius 1 is 1.60 bits per heavy atom. The van der Waals surface area contributed by atoms with Crippen molar-refractivity contribution in [1.29, 1.82) is 0 Å². The maximum Gasteiger partial charge on any atom is 0.0783 e. The zero-order valence-electron chi connectivity index (χ0n) is 9.32. The van der Waals surface area contributed by atoms with E-state index >= 15 is 0 Å². The molecule has 0 bridgehead atoms. The van der Waals surface area contributed by atoms with E-state index in [1.165, 1.54) is 5.56 Å². The molecule has 0 saturated carbocycles. The van der Waals surface area contributed by atoms with Crippen LogP contribution in [0.15, 0.2) is 16.8 Å². The van der Waals surface area contributed by atoms with Crippen molar-refractivity contribution < 1.29 is 9.84 Å². The van der Waals surface area contributed by atoms with Gasteiger partial charge in [-0.25, -0.2) is 0 Å². The van der Waals surface area contributed by atoms with Crippen LogP contribution in [0.1, 0.15) is 12.5 Å². The molecule has 1 aromatic rings. The Labute approximate surface area is 95.1 Å². The lowest BCUT2D eigenvalue weighted by molar-refractivity contribution is 0.0582. The predicted molar refractivity (Wildman–Crippen MR) is 63.4 cm³/mol. The molecule has 3 nitrogen and oxygen atoms in total. The van der Waals surface area contributed by atoms with Crippen LogP contribution in [0.2, 0.25) is 0 Å². The van der Waals surface area contributed by atoms with Gasteiger partial charge in [-0.2, -0.15) is 11.3 Å². The average molecular weight is 229 g/mol. The lowest BCUT2D eigenvalue weighted by Crippen LogP contribution is -2.40. The Hall–Kier alpha value is -0.420. The Morgan fingerprint density at radius 3 is 3.00 bits per heavy atom. The third kappa shape index (κ3) is 5.28. The van der Waals surface area contributed by atoms with Gasteiger partial charge in [0, 0.05) is 26.6 Å². The van der Waals surface area contributed by atoms with E-state index in [2.05, 4.69) is 10.7 Å². The minimum atomic E-state index is -0.686. The molecule has 4 heteroatoms. The molecule has 0 aliphatic heterocycles. The zero-order chi connectivity index (χ0) is 11.1. The zero-order valence-corrected chi connectivity index (χ0v) is 10.1. The lowest BCUT2D eigenvalue weighted by Gasteiger charge is -2.23. The number of hydrogen-bond donors (Lipinski definition) is 2. The van der Waals surface area contributed by atoms with Gasteiger partial charge in [0.15, 0.2) is 0 Å². The second-order valence-electron chi connectivity index (χ2n) is 3.97. The second-order valence-corrected chi connectivity index (χ2v) is 4.75. The normalized spacial score (nSPS) is 15.1. The largest absolute Gasteiger partial charge is 0.389 e. The number of ether oxygens (including phenoxy) is 1. The Balaban J connectivity index is 2.25. The van der Waals surface area contributed by atoms with Crippen LogP contribution in [0.4, 0.5) is 0 Å². The molecule has 0 aliphatic carbocycles. The van der Waals surface area contributed by atoms with Crippen LogP contribution in [0, 0.1) is 0 Å². The van der Waals surface area contributed by atoms with Gasteiger partial charge in [-0.3, -0.25) is 0 Å². The molecule has 1 aromatic heterocycles. The maximum absolute atomic E-state index is 10.1. The van der Waals surface area contributed by atoms with Crippen LogP contribution in [-0.2, 0) is 11.2 Å². The summed E-state index contributed by atoms with van der Waals surface area (Å²) in [5.41, 5.74) is 0.507. The monoisotopic (exact) mass is 229 g/mol. The molecule has 0 radical (unpaired) electrons. The first kappa shape index (κ1) is 12.6. The number of aliphatic hydroxyl groups is 1. The molecule has 1 atom stereocenters. The van der Waals surface area contributed by atoms with Crippen molar-refractivity contribution in [3.05, 3.63) is 22.4 Å². The molecule has 2 N–H and O–H groups in total. The molecular formula is C11H19NO2S. The summed E-state index contributed by atoms with van der Waals surface area (Å²) in [5, 5.41) is 17.4. The molecule has 0 amide bonds. The summed E-state index contributed by atoms with van der Waals surface area (Å²) in [6.07, 6.45) is 0.691. The van der Waals surface area contributed by atoms with E-state index in [9.17, 15) is 5.11 Å². The fraction of sp³-hybridized carbons (Fsp3) is 0.636. The fourth-order valence-corrected chi connectivity index (χ4v) is 2.10. The van der Waals surface area contributed by atoms with Gasteiger partial charge < -0.3 is 15.2 Å². The molecule has 0 aliphatic rings. The van der Waals surface area contributed by atoms with Crippen LogP contribution in [0.3, 0.4) is 0 Å². The van der Waals surface area contributed by atoms with E-state index in [4.69, 9.17) is 4.74 Å². The van der Waals surface area contributed by atoms with Gasteiger partial charge in [0.05, 0.1) is 12.2 Å². The standard InChI is InChI=1S/C11H19NO2S/c1-11(13,9-12-4-5-14-2)7-10-3-6-15-8-10/h3,6,8,12-13H,4-5,7,9H2,1-2H3.